The van der Waals surface area contributed by atoms with Crippen LogP contribution in [0.15, 0.2) is 51.9 Å². The van der Waals surface area contributed by atoms with Gasteiger partial charge in [-0.2, -0.15) is 0 Å². The fraction of sp³-hybridized carbons (Fsp3) is 0.300. The highest BCUT2D eigenvalue weighted by atomic mass is 79.9. The van der Waals surface area contributed by atoms with E-state index in [0.29, 0.717) is 17.4 Å². The number of benzene rings is 2. The molecule has 7 heteroatoms. The molecule has 142 valence electrons. The number of hydrogen-bond donors (Lipinski definition) is 0. The number of esters is 1. The molecular formula is C20H20BrNO5. The van der Waals surface area contributed by atoms with E-state index in [0.717, 1.165) is 15.6 Å². The summed E-state index contributed by atoms with van der Waals surface area (Å²) in [5.41, 5.74) is 1.64. The van der Waals surface area contributed by atoms with E-state index in [2.05, 4.69) is 20.9 Å². The second-order valence-corrected chi connectivity index (χ2v) is 6.81. The fourth-order valence-corrected chi connectivity index (χ4v) is 3.40. The monoisotopic (exact) mass is 433 g/mol. The third-order valence-electron chi connectivity index (χ3n) is 4.18. The van der Waals surface area contributed by atoms with Crippen LogP contribution in [0.2, 0.25) is 0 Å². The average Bonchev–Trinajstić information content (AvgIpc) is 3.08. The second-order valence-electron chi connectivity index (χ2n) is 5.95. The Labute approximate surface area is 166 Å². The van der Waals surface area contributed by atoms with E-state index in [9.17, 15) is 4.79 Å². The predicted octanol–water partition coefficient (Wildman–Crippen LogP) is 4.07. The zero-order chi connectivity index (χ0) is 19.4. The largest absolute Gasteiger partial charge is 0.493 e. The van der Waals surface area contributed by atoms with Crippen molar-refractivity contribution >= 4 is 27.8 Å². The van der Waals surface area contributed by atoms with Gasteiger partial charge in [0.25, 0.3) is 0 Å². The van der Waals surface area contributed by atoms with Gasteiger partial charge in [0.1, 0.15) is 6.61 Å². The molecule has 2 atom stereocenters. The summed E-state index contributed by atoms with van der Waals surface area (Å²) < 4.78 is 22.7. The van der Waals surface area contributed by atoms with Gasteiger partial charge in [-0.05, 0) is 17.7 Å². The Kier molecular flexibility index (Phi) is 6.01. The molecule has 1 aliphatic heterocycles. The number of rotatable bonds is 6. The number of carbonyl (C=O) groups excluding carboxylic acids is 1. The predicted molar refractivity (Wildman–Crippen MR) is 104 cm³/mol. The summed E-state index contributed by atoms with van der Waals surface area (Å²) in [5.74, 6) is 1.11. The number of aliphatic imine (C=N–C) groups is 1. The Morgan fingerprint density at radius 2 is 1.81 bits per heavy atom. The summed E-state index contributed by atoms with van der Waals surface area (Å²) in [5, 5.41) is 0. The van der Waals surface area contributed by atoms with Crippen LogP contribution in [0.5, 0.6) is 11.5 Å². The highest BCUT2D eigenvalue weighted by molar-refractivity contribution is 9.10. The number of methoxy groups -OCH3 is 2. The number of ether oxygens (including phenoxy) is 4. The Balaban J connectivity index is 1.82. The molecule has 2 aromatic carbocycles. The molecule has 1 heterocycles. The van der Waals surface area contributed by atoms with Crippen LogP contribution >= 0.6 is 15.9 Å². The topological polar surface area (TPSA) is 66.4 Å². The van der Waals surface area contributed by atoms with Gasteiger partial charge in [0, 0.05) is 17.0 Å². The lowest BCUT2D eigenvalue weighted by Gasteiger charge is -2.20. The van der Waals surface area contributed by atoms with Crippen LogP contribution in [-0.4, -0.2) is 32.1 Å². The summed E-state index contributed by atoms with van der Waals surface area (Å²) >= 11 is 3.51. The molecule has 0 aliphatic carbocycles. The minimum absolute atomic E-state index is 0.185. The highest BCUT2D eigenvalue weighted by Gasteiger charge is 2.39. The lowest BCUT2D eigenvalue weighted by Crippen LogP contribution is -2.26. The molecule has 0 bridgehead atoms. The quantitative estimate of drug-likeness (QED) is 0.642. The Hall–Kier alpha value is -2.54. The molecule has 27 heavy (non-hydrogen) atoms. The van der Waals surface area contributed by atoms with Crippen LogP contribution in [0.3, 0.4) is 0 Å². The van der Waals surface area contributed by atoms with Gasteiger partial charge in [-0.25, -0.2) is 9.79 Å². The maximum Gasteiger partial charge on any atom is 0.335 e. The molecule has 0 fully saturated rings. The smallest absolute Gasteiger partial charge is 0.335 e. The van der Waals surface area contributed by atoms with Crippen LogP contribution in [0, 0.1) is 0 Å². The molecule has 2 unspecified atom stereocenters. The zero-order valence-electron chi connectivity index (χ0n) is 15.3. The van der Waals surface area contributed by atoms with E-state index in [1.54, 1.807) is 33.3 Å². The first-order valence-electron chi connectivity index (χ1n) is 8.36. The Morgan fingerprint density at radius 3 is 2.48 bits per heavy atom. The van der Waals surface area contributed by atoms with Gasteiger partial charge >= 0.3 is 5.97 Å². The maximum absolute atomic E-state index is 12.7. The van der Waals surface area contributed by atoms with Gasteiger partial charge < -0.3 is 18.9 Å². The van der Waals surface area contributed by atoms with Crippen LogP contribution in [0.4, 0.5) is 0 Å². The molecule has 3 rings (SSSR count). The van der Waals surface area contributed by atoms with Crippen LogP contribution in [0.25, 0.3) is 0 Å². The van der Waals surface area contributed by atoms with E-state index in [-0.39, 0.29) is 6.61 Å². The van der Waals surface area contributed by atoms with Crippen LogP contribution in [-0.2, 0) is 20.9 Å². The van der Waals surface area contributed by atoms with Crippen molar-refractivity contribution in [3.05, 3.63) is 58.1 Å². The van der Waals surface area contributed by atoms with Crippen LogP contribution < -0.4 is 9.47 Å². The van der Waals surface area contributed by atoms with Gasteiger partial charge in [-0.3, -0.25) is 0 Å². The first-order chi connectivity index (χ1) is 13.0. The van der Waals surface area contributed by atoms with Gasteiger partial charge in [0.15, 0.2) is 29.5 Å². The lowest BCUT2D eigenvalue weighted by molar-refractivity contribution is -0.148. The van der Waals surface area contributed by atoms with Gasteiger partial charge in [-0.1, -0.05) is 46.3 Å². The van der Waals surface area contributed by atoms with Crippen molar-refractivity contribution in [1.82, 2.24) is 0 Å². The van der Waals surface area contributed by atoms with Crippen LogP contribution in [0.1, 0.15) is 24.2 Å². The summed E-state index contributed by atoms with van der Waals surface area (Å²) in [4.78, 5) is 17.0. The minimum atomic E-state index is -0.789. The molecule has 0 N–H and O–H groups in total. The first kappa shape index (κ1) is 19.2. The minimum Gasteiger partial charge on any atom is -0.493 e. The molecule has 0 aromatic heterocycles. The number of hydrogen-bond acceptors (Lipinski definition) is 6. The third-order valence-corrected chi connectivity index (χ3v) is 4.87. The van der Waals surface area contributed by atoms with E-state index in [1.165, 1.54) is 0 Å². The Bertz CT molecular complexity index is 853. The number of carbonyl (C=O) groups is 1. The highest BCUT2D eigenvalue weighted by Crippen LogP contribution is 2.40. The second kappa shape index (κ2) is 8.43. The van der Waals surface area contributed by atoms with E-state index < -0.39 is 18.1 Å². The molecule has 6 nitrogen and oxygen atoms in total. The SMILES string of the molecule is COc1cc(Br)c(C2OC(C)=NC2C(=O)OCc2ccccc2)cc1OC. The third kappa shape index (κ3) is 4.24. The molecule has 2 aromatic rings. The van der Waals surface area contributed by atoms with Crippen molar-refractivity contribution in [3.63, 3.8) is 0 Å². The maximum atomic E-state index is 12.7. The normalized spacial score (nSPS) is 18.4. The summed E-state index contributed by atoms with van der Waals surface area (Å²) in [6, 6.07) is 12.3. The van der Waals surface area contributed by atoms with Gasteiger partial charge in [0.05, 0.1) is 14.2 Å². The molecule has 0 saturated heterocycles. The molecule has 0 spiro atoms. The summed E-state index contributed by atoms with van der Waals surface area (Å²) in [6.07, 6.45) is -0.609. The fourth-order valence-electron chi connectivity index (χ4n) is 2.85. The molecule has 0 saturated carbocycles. The van der Waals surface area contributed by atoms with Crippen molar-refractivity contribution in [2.24, 2.45) is 4.99 Å². The van der Waals surface area contributed by atoms with Crippen molar-refractivity contribution in [1.29, 1.82) is 0 Å². The molecule has 0 radical (unpaired) electrons. The standard InChI is InChI=1S/C20H20BrNO5/c1-12-22-18(20(23)26-11-13-7-5-4-6-8-13)19(27-12)14-9-16(24-2)17(25-3)10-15(14)21/h4-10,18-19H,11H2,1-3H3. The average molecular weight is 434 g/mol. The van der Waals surface area contributed by atoms with Gasteiger partial charge in [-0.15, -0.1) is 0 Å². The van der Waals surface area contributed by atoms with Gasteiger partial charge in [0.2, 0.25) is 0 Å². The molecule has 1 aliphatic rings. The van der Waals surface area contributed by atoms with Crippen molar-refractivity contribution in [3.8, 4) is 11.5 Å². The van der Waals surface area contributed by atoms with Crippen molar-refractivity contribution < 1.29 is 23.7 Å². The summed E-state index contributed by atoms with van der Waals surface area (Å²) in [7, 11) is 3.12. The van der Waals surface area contributed by atoms with Crippen molar-refractivity contribution in [2.45, 2.75) is 25.7 Å². The number of halogens is 1. The molecular weight excluding hydrogens is 414 g/mol. The summed E-state index contributed by atoms with van der Waals surface area (Å²) in [6.45, 7) is 1.90. The van der Waals surface area contributed by atoms with E-state index >= 15 is 0 Å². The Morgan fingerprint density at radius 1 is 1.15 bits per heavy atom. The first-order valence-corrected chi connectivity index (χ1v) is 9.15. The van der Waals surface area contributed by atoms with Crippen molar-refractivity contribution in [2.75, 3.05) is 14.2 Å². The lowest BCUT2D eigenvalue weighted by atomic mass is 10.0. The number of nitrogens with zero attached hydrogens (tertiary/aromatic N) is 1. The molecule has 0 amide bonds. The van der Waals surface area contributed by atoms with E-state index in [1.807, 2.05) is 30.3 Å². The van der Waals surface area contributed by atoms with E-state index in [4.69, 9.17) is 18.9 Å². The zero-order valence-corrected chi connectivity index (χ0v) is 16.9.